The molecule has 1 heterocycles. The highest BCUT2D eigenvalue weighted by atomic mass is 16.5. The summed E-state index contributed by atoms with van der Waals surface area (Å²) in [6.07, 6.45) is 1.21. The Morgan fingerprint density at radius 2 is 2.13 bits per heavy atom. The van der Waals surface area contributed by atoms with Crippen LogP contribution in [0.4, 0.5) is 0 Å². The maximum Gasteiger partial charge on any atom is 0.0749 e. The Morgan fingerprint density at radius 1 is 1.47 bits per heavy atom. The fourth-order valence-electron chi connectivity index (χ4n) is 2.18. The Hall–Kier alpha value is -0.120. The number of hydrogen-bond donors (Lipinski definition) is 1. The fourth-order valence-corrected chi connectivity index (χ4v) is 2.18. The van der Waals surface area contributed by atoms with Gasteiger partial charge in [0.2, 0.25) is 0 Å². The Morgan fingerprint density at radius 3 is 2.67 bits per heavy atom. The quantitative estimate of drug-likeness (QED) is 0.767. The molecule has 1 aliphatic heterocycles. The molecule has 3 nitrogen and oxygen atoms in total. The normalized spacial score (nSPS) is 29.4. The van der Waals surface area contributed by atoms with Gasteiger partial charge in [0.15, 0.2) is 0 Å². The molecule has 2 atom stereocenters. The number of rotatable bonds is 4. The molecule has 0 aromatic rings. The molecule has 15 heavy (non-hydrogen) atoms. The van der Waals surface area contributed by atoms with Gasteiger partial charge < -0.3 is 10.1 Å². The number of ether oxygens (including phenoxy) is 1. The van der Waals surface area contributed by atoms with E-state index in [0.29, 0.717) is 12.1 Å². The van der Waals surface area contributed by atoms with Crippen LogP contribution in [0.25, 0.3) is 0 Å². The molecule has 0 aliphatic carbocycles. The van der Waals surface area contributed by atoms with Crippen molar-refractivity contribution < 1.29 is 4.74 Å². The Kier molecular flexibility index (Phi) is 4.56. The molecule has 1 N–H and O–H groups in total. The molecule has 1 rings (SSSR count). The molecule has 0 bridgehead atoms. The number of piperazine rings is 1. The van der Waals surface area contributed by atoms with Gasteiger partial charge in [0.05, 0.1) is 5.60 Å². The second-order valence-corrected chi connectivity index (χ2v) is 5.26. The van der Waals surface area contributed by atoms with E-state index in [-0.39, 0.29) is 5.60 Å². The van der Waals surface area contributed by atoms with Crippen LogP contribution >= 0.6 is 0 Å². The monoisotopic (exact) mass is 214 g/mol. The van der Waals surface area contributed by atoms with Crippen molar-refractivity contribution in [3.8, 4) is 0 Å². The highest BCUT2D eigenvalue weighted by Gasteiger charge is 2.29. The van der Waals surface area contributed by atoms with Crippen LogP contribution in [0.15, 0.2) is 0 Å². The molecule has 0 spiro atoms. The van der Waals surface area contributed by atoms with Crippen molar-refractivity contribution in [1.29, 1.82) is 0 Å². The molecule has 0 saturated carbocycles. The van der Waals surface area contributed by atoms with Crippen LogP contribution in [0.2, 0.25) is 0 Å². The molecule has 0 aromatic heterocycles. The van der Waals surface area contributed by atoms with Crippen molar-refractivity contribution >= 4 is 0 Å². The highest BCUT2D eigenvalue weighted by molar-refractivity contribution is 4.87. The second kappa shape index (κ2) is 5.28. The first kappa shape index (κ1) is 12.9. The predicted octanol–water partition coefficient (Wildman–Crippen LogP) is 1.48. The summed E-state index contributed by atoms with van der Waals surface area (Å²) in [5.74, 6) is 0. The summed E-state index contributed by atoms with van der Waals surface area (Å²) in [6, 6.07) is 1.26. The topological polar surface area (TPSA) is 24.5 Å². The van der Waals surface area contributed by atoms with Gasteiger partial charge in [0.1, 0.15) is 0 Å². The van der Waals surface area contributed by atoms with Gasteiger partial charge in [0.25, 0.3) is 0 Å². The summed E-state index contributed by atoms with van der Waals surface area (Å²) in [5, 5.41) is 3.53. The molecular formula is C12H26N2O. The van der Waals surface area contributed by atoms with Crippen LogP contribution in [0.3, 0.4) is 0 Å². The van der Waals surface area contributed by atoms with E-state index in [0.717, 1.165) is 19.6 Å². The third kappa shape index (κ3) is 3.74. The number of nitrogens with zero attached hydrogens (tertiary/aromatic N) is 1. The largest absolute Gasteiger partial charge is 0.377 e. The maximum atomic E-state index is 5.51. The summed E-state index contributed by atoms with van der Waals surface area (Å²) in [7, 11) is 1.80. The average Bonchev–Trinajstić information content (AvgIpc) is 2.18. The molecule has 3 heteroatoms. The first-order valence-electron chi connectivity index (χ1n) is 6.01. The van der Waals surface area contributed by atoms with Crippen LogP contribution in [0.5, 0.6) is 0 Å². The molecule has 0 radical (unpaired) electrons. The van der Waals surface area contributed by atoms with Crippen molar-refractivity contribution in [2.45, 2.75) is 51.8 Å². The van der Waals surface area contributed by atoms with Gasteiger partial charge in [0, 0.05) is 38.8 Å². The van der Waals surface area contributed by atoms with Crippen molar-refractivity contribution in [2.75, 3.05) is 26.7 Å². The van der Waals surface area contributed by atoms with Crippen molar-refractivity contribution in [3.05, 3.63) is 0 Å². The minimum Gasteiger partial charge on any atom is -0.377 e. The van der Waals surface area contributed by atoms with Crippen LogP contribution in [0, 0.1) is 0 Å². The van der Waals surface area contributed by atoms with Crippen LogP contribution < -0.4 is 5.32 Å². The average molecular weight is 214 g/mol. The maximum absolute atomic E-state index is 5.51. The number of methoxy groups -OCH3 is 1. The summed E-state index contributed by atoms with van der Waals surface area (Å²) in [5.41, 5.74) is -0.0372. The van der Waals surface area contributed by atoms with Gasteiger partial charge in [-0.25, -0.2) is 0 Å². The number of hydrogen-bond acceptors (Lipinski definition) is 3. The third-order valence-electron chi connectivity index (χ3n) is 3.33. The van der Waals surface area contributed by atoms with E-state index in [1.54, 1.807) is 7.11 Å². The van der Waals surface area contributed by atoms with Crippen molar-refractivity contribution in [1.82, 2.24) is 10.2 Å². The predicted molar refractivity (Wildman–Crippen MR) is 64.2 cm³/mol. The minimum absolute atomic E-state index is 0.0372. The fraction of sp³-hybridized carbons (Fsp3) is 1.00. The van der Waals surface area contributed by atoms with E-state index < -0.39 is 0 Å². The Labute approximate surface area is 94.2 Å². The van der Waals surface area contributed by atoms with Crippen molar-refractivity contribution in [2.24, 2.45) is 0 Å². The van der Waals surface area contributed by atoms with Gasteiger partial charge >= 0.3 is 0 Å². The van der Waals surface area contributed by atoms with Crippen molar-refractivity contribution in [3.63, 3.8) is 0 Å². The lowest BCUT2D eigenvalue weighted by molar-refractivity contribution is -0.0265. The molecule has 1 fully saturated rings. The zero-order chi connectivity index (χ0) is 11.5. The minimum atomic E-state index is -0.0372. The molecule has 2 unspecified atom stereocenters. The number of nitrogens with one attached hydrogen (secondary N) is 1. The molecule has 0 amide bonds. The lowest BCUT2D eigenvalue weighted by atomic mass is 10.0. The van der Waals surface area contributed by atoms with Gasteiger partial charge in [-0.05, 0) is 27.2 Å². The summed E-state index contributed by atoms with van der Waals surface area (Å²) in [6.45, 7) is 12.1. The third-order valence-corrected chi connectivity index (χ3v) is 3.33. The van der Waals surface area contributed by atoms with Crippen LogP contribution in [0.1, 0.15) is 34.1 Å². The molecule has 90 valence electrons. The van der Waals surface area contributed by atoms with Crippen LogP contribution in [-0.4, -0.2) is 49.3 Å². The summed E-state index contributed by atoms with van der Waals surface area (Å²) >= 11 is 0. The first-order valence-corrected chi connectivity index (χ1v) is 6.01. The highest BCUT2D eigenvalue weighted by Crippen LogP contribution is 2.16. The van der Waals surface area contributed by atoms with E-state index in [9.17, 15) is 0 Å². The zero-order valence-electron chi connectivity index (χ0n) is 10.8. The van der Waals surface area contributed by atoms with E-state index in [1.165, 1.54) is 6.42 Å². The van der Waals surface area contributed by atoms with E-state index in [2.05, 4.69) is 37.9 Å². The van der Waals surface area contributed by atoms with Crippen LogP contribution in [-0.2, 0) is 4.74 Å². The van der Waals surface area contributed by atoms with E-state index in [1.807, 2.05) is 0 Å². The van der Waals surface area contributed by atoms with Gasteiger partial charge in [-0.2, -0.15) is 0 Å². The molecule has 0 aromatic carbocycles. The lowest BCUT2D eigenvalue weighted by Crippen LogP contribution is -2.58. The first-order chi connectivity index (χ1) is 6.98. The van der Waals surface area contributed by atoms with Gasteiger partial charge in [-0.15, -0.1) is 0 Å². The SMILES string of the molecule is CCC1CNC(C)CN1CC(C)(C)OC. The Bertz CT molecular complexity index is 194. The zero-order valence-corrected chi connectivity index (χ0v) is 10.8. The van der Waals surface area contributed by atoms with Gasteiger partial charge in [-0.1, -0.05) is 6.92 Å². The molecular weight excluding hydrogens is 188 g/mol. The molecule has 1 saturated heterocycles. The van der Waals surface area contributed by atoms with Gasteiger partial charge in [-0.3, -0.25) is 4.90 Å². The lowest BCUT2D eigenvalue weighted by Gasteiger charge is -2.42. The summed E-state index contributed by atoms with van der Waals surface area (Å²) in [4.78, 5) is 2.56. The van der Waals surface area contributed by atoms with E-state index >= 15 is 0 Å². The second-order valence-electron chi connectivity index (χ2n) is 5.26. The standard InChI is InChI=1S/C12H26N2O/c1-6-11-7-13-10(2)8-14(11)9-12(3,4)15-5/h10-11,13H,6-9H2,1-5H3. The Balaban J connectivity index is 2.55. The molecule has 1 aliphatic rings. The summed E-state index contributed by atoms with van der Waals surface area (Å²) < 4.78 is 5.51. The smallest absolute Gasteiger partial charge is 0.0749 e. The van der Waals surface area contributed by atoms with E-state index in [4.69, 9.17) is 4.74 Å².